The number of ether oxygens (including phenoxy) is 2. The van der Waals surface area contributed by atoms with Crippen molar-refractivity contribution < 1.29 is 9.47 Å². The van der Waals surface area contributed by atoms with Crippen LogP contribution in [0.2, 0.25) is 0 Å². The lowest BCUT2D eigenvalue weighted by Gasteiger charge is -2.08. The Bertz CT molecular complexity index is 56.1. The molecule has 0 amide bonds. The van der Waals surface area contributed by atoms with E-state index in [4.69, 9.17) is 9.47 Å². The molecule has 0 aliphatic carbocycles. The summed E-state index contributed by atoms with van der Waals surface area (Å²) in [5.74, 6) is 0. The van der Waals surface area contributed by atoms with E-state index in [1.807, 2.05) is 6.92 Å². The van der Waals surface area contributed by atoms with Gasteiger partial charge in [0, 0.05) is 13.7 Å². The van der Waals surface area contributed by atoms with E-state index in [1.165, 1.54) is 0 Å². The van der Waals surface area contributed by atoms with E-state index in [9.17, 15) is 0 Å². The van der Waals surface area contributed by atoms with Crippen molar-refractivity contribution >= 4 is 0 Å². The topological polar surface area (TPSA) is 18.5 Å². The fraction of sp³-hybridized carbons (Fsp3) is 1.00. The number of hydrogen-bond acceptors (Lipinski definition) is 2. The second-order valence-corrected chi connectivity index (χ2v) is 2.12. The highest BCUT2D eigenvalue weighted by Gasteiger charge is 1.96. The summed E-state index contributed by atoms with van der Waals surface area (Å²) in [6.45, 7) is 5.64. The van der Waals surface area contributed by atoms with Gasteiger partial charge in [0.25, 0.3) is 0 Å². The van der Waals surface area contributed by atoms with Crippen LogP contribution in [0.3, 0.4) is 0 Å². The highest BCUT2D eigenvalue weighted by atomic mass is 16.5. The fourth-order valence-electron chi connectivity index (χ4n) is 0.462. The Morgan fingerprint density at radius 3 is 1.85 bits per heavy atom. The van der Waals surface area contributed by atoms with Crippen molar-refractivity contribution in [3.63, 3.8) is 0 Å². The van der Waals surface area contributed by atoms with E-state index >= 15 is 0 Å². The van der Waals surface area contributed by atoms with Gasteiger partial charge in [0.1, 0.15) is 0 Å². The molecule has 1 unspecified atom stereocenters. The third-order valence-corrected chi connectivity index (χ3v) is 1.10. The highest BCUT2D eigenvalue weighted by molar-refractivity contribution is 4.43. The largest absolute Gasteiger partial charge is 0.379 e. The molecule has 0 rings (SSSR count). The summed E-state index contributed by atoms with van der Waals surface area (Å²) < 4.78 is 10.2. The lowest BCUT2D eigenvalue weighted by atomic mass is 10.4. The minimum absolute atomic E-state index is 0. The number of methoxy groups -OCH3 is 1. The Morgan fingerprint density at radius 2 is 1.54 bits per heavy atom. The molecule has 88 valence electrons. The second-order valence-electron chi connectivity index (χ2n) is 2.12. The van der Waals surface area contributed by atoms with Gasteiger partial charge in [-0.1, -0.05) is 36.6 Å². The van der Waals surface area contributed by atoms with Crippen LogP contribution in [-0.4, -0.2) is 26.4 Å². The van der Waals surface area contributed by atoms with E-state index in [-0.39, 0.29) is 35.8 Å². The Hall–Kier alpha value is -0.0800. The van der Waals surface area contributed by atoms with Crippen LogP contribution in [0.5, 0.6) is 0 Å². The molecule has 0 spiro atoms. The summed E-state index contributed by atoms with van der Waals surface area (Å²) in [5.41, 5.74) is 0. The maximum Gasteiger partial charge on any atom is 0.0776 e. The summed E-state index contributed by atoms with van der Waals surface area (Å²) in [7, 11) is 1.69. The van der Waals surface area contributed by atoms with Crippen molar-refractivity contribution in [1.82, 2.24) is 0 Å². The van der Waals surface area contributed by atoms with Crippen molar-refractivity contribution in [2.24, 2.45) is 0 Å². The number of hydrogen-bond donors (Lipinski definition) is 0. The van der Waals surface area contributed by atoms with E-state index in [1.54, 1.807) is 7.11 Å². The van der Waals surface area contributed by atoms with Gasteiger partial charge in [0.15, 0.2) is 0 Å². The summed E-state index contributed by atoms with van der Waals surface area (Å²) in [6.07, 6.45) is 1.31. The van der Waals surface area contributed by atoms with Gasteiger partial charge in [-0.3, -0.25) is 0 Å². The molecule has 0 radical (unpaired) electrons. The van der Waals surface area contributed by atoms with Crippen LogP contribution < -0.4 is 0 Å². The monoisotopic (exact) mass is 196 g/mol. The Balaban J connectivity index is -0.0000000533. The van der Waals surface area contributed by atoms with Crippen molar-refractivity contribution in [1.29, 1.82) is 0 Å². The van der Waals surface area contributed by atoms with Gasteiger partial charge in [0.2, 0.25) is 0 Å². The molecule has 0 saturated carbocycles. The minimum atomic E-state index is 0. The van der Waals surface area contributed by atoms with Crippen LogP contribution in [0.15, 0.2) is 0 Å². The molecular formula is C11H32O2. The molecule has 13 heavy (non-hydrogen) atoms. The van der Waals surface area contributed by atoms with E-state index in [2.05, 4.69) is 6.92 Å². The van der Waals surface area contributed by atoms with Gasteiger partial charge in [-0.15, -0.1) is 0 Å². The average Bonchev–Trinajstić information content (AvgIpc) is 1.89. The van der Waals surface area contributed by atoms with Crippen LogP contribution >= 0.6 is 0 Å². The first-order valence-electron chi connectivity index (χ1n) is 3.41. The maximum atomic E-state index is 5.21. The predicted molar refractivity (Wildman–Crippen MR) is 64.5 cm³/mol. The SMILES string of the molecule is C.C.C.C.CCCOCC(C)OC. The van der Waals surface area contributed by atoms with Crippen molar-refractivity contribution in [2.75, 3.05) is 20.3 Å². The summed E-state index contributed by atoms with van der Waals surface area (Å²) in [4.78, 5) is 0. The molecule has 0 aromatic rings. The van der Waals surface area contributed by atoms with E-state index < -0.39 is 0 Å². The van der Waals surface area contributed by atoms with Crippen molar-refractivity contribution in [2.45, 2.75) is 56.1 Å². The molecule has 0 bridgehead atoms. The second kappa shape index (κ2) is 22.7. The molecule has 0 saturated heterocycles. The molecule has 0 heterocycles. The lowest BCUT2D eigenvalue weighted by Crippen LogP contribution is -2.13. The maximum absolute atomic E-state index is 5.21. The summed E-state index contributed by atoms with van der Waals surface area (Å²) in [5, 5.41) is 0. The Labute approximate surface area is 86.6 Å². The van der Waals surface area contributed by atoms with Crippen molar-refractivity contribution in [3.8, 4) is 0 Å². The molecule has 1 atom stereocenters. The highest BCUT2D eigenvalue weighted by Crippen LogP contribution is 1.89. The molecule has 2 heteroatoms. The quantitative estimate of drug-likeness (QED) is 0.619. The Kier molecular flexibility index (Phi) is 51.0. The first-order valence-corrected chi connectivity index (χ1v) is 3.41. The van der Waals surface area contributed by atoms with E-state index in [0.717, 1.165) is 13.0 Å². The standard InChI is InChI=1S/C7H16O2.4CH4/c1-4-5-9-6-7(2)8-3;;;;/h7H,4-6H2,1-3H3;4*1H4. The first kappa shape index (κ1) is 29.3. The zero-order valence-electron chi connectivity index (χ0n) is 6.52. The average molecular weight is 196 g/mol. The molecule has 0 aliphatic heterocycles. The summed E-state index contributed by atoms with van der Waals surface area (Å²) in [6, 6.07) is 0. The number of rotatable bonds is 5. The first-order chi connectivity index (χ1) is 4.31. The smallest absolute Gasteiger partial charge is 0.0776 e. The normalized spacial score (nSPS) is 9.46. The van der Waals surface area contributed by atoms with E-state index in [0.29, 0.717) is 6.61 Å². The predicted octanol–water partition coefficient (Wildman–Crippen LogP) is 3.99. The van der Waals surface area contributed by atoms with Crippen LogP contribution in [0.25, 0.3) is 0 Å². The van der Waals surface area contributed by atoms with Gasteiger partial charge in [0.05, 0.1) is 12.7 Å². The fourth-order valence-corrected chi connectivity index (χ4v) is 0.462. The zero-order valence-corrected chi connectivity index (χ0v) is 6.52. The van der Waals surface area contributed by atoms with Crippen molar-refractivity contribution in [3.05, 3.63) is 0 Å². The minimum Gasteiger partial charge on any atom is -0.379 e. The third kappa shape index (κ3) is 24.5. The van der Waals surface area contributed by atoms with Gasteiger partial charge in [-0.25, -0.2) is 0 Å². The van der Waals surface area contributed by atoms with Gasteiger partial charge >= 0.3 is 0 Å². The van der Waals surface area contributed by atoms with Gasteiger partial charge < -0.3 is 9.47 Å². The van der Waals surface area contributed by atoms with Gasteiger partial charge in [-0.05, 0) is 13.3 Å². The summed E-state index contributed by atoms with van der Waals surface area (Å²) >= 11 is 0. The molecule has 0 aliphatic rings. The third-order valence-electron chi connectivity index (χ3n) is 1.10. The van der Waals surface area contributed by atoms with Crippen LogP contribution in [-0.2, 0) is 9.47 Å². The molecule has 0 aromatic heterocycles. The molecule has 2 nitrogen and oxygen atoms in total. The molecule has 0 aromatic carbocycles. The molecule has 0 fully saturated rings. The van der Waals surface area contributed by atoms with Gasteiger partial charge in [-0.2, -0.15) is 0 Å². The zero-order chi connectivity index (χ0) is 7.11. The molecular weight excluding hydrogens is 164 g/mol. The van der Waals surface area contributed by atoms with Crippen LogP contribution in [0, 0.1) is 0 Å². The van der Waals surface area contributed by atoms with Crippen LogP contribution in [0.4, 0.5) is 0 Å². The lowest BCUT2D eigenvalue weighted by molar-refractivity contribution is 0.0188. The Morgan fingerprint density at radius 1 is 1.08 bits per heavy atom. The molecule has 0 N–H and O–H groups in total. The van der Waals surface area contributed by atoms with Crippen LogP contribution in [0.1, 0.15) is 50.0 Å².